The summed E-state index contributed by atoms with van der Waals surface area (Å²) < 4.78 is 1.84. The van der Waals surface area contributed by atoms with Gasteiger partial charge in [0.15, 0.2) is 11.0 Å². The highest BCUT2D eigenvalue weighted by Crippen LogP contribution is 2.31. The number of rotatable bonds is 7. The molecule has 180 valence electrons. The number of aryl methyl sites for hydroxylation is 3. The van der Waals surface area contributed by atoms with Gasteiger partial charge in [-0.3, -0.25) is 4.57 Å². The zero-order chi connectivity index (χ0) is 24.9. The average Bonchev–Trinajstić information content (AvgIpc) is 3.22. The molecule has 0 radical (unpaired) electrons. The molecule has 6 nitrogen and oxygen atoms in total. The summed E-state index contributed by atoms with van der Waals surface area (Å²) in [6.07, 6.45) is 0. The Hall–Kier alpha value is -3.00. The minimum absolute atomic E-state index is 0.150. The monoisotopic (exact) mass is 525 g/mol. The van der Waals surface area contributed by atoms with Crippen LogP contribution in [0.5, 0.6) is 0 Å². The van der Waals surface area contributed by atoms with Crippen LogP contribution in [0.4, 0.5) is 10.5 Å². The van der Waals surface area contributed by atoms with E-state index in [0.29, 0.717) is 32.5 Å². The summed E-state index contributed by atoms with van der Waals surface area (Å²) in [6.45, 7) is 6.18. The van der Waals surface area contributed by atoms with Gasteiger partial charge in [0.2, 0.25) is 0 Å². The van der Waals surface area contributed by atoms with Gasteiger partial charge >= 0.3 is 6.03 Å². The van der Waals surface area contributed by atoms with Crippen LogP contribution in [0.1, 0.15) is 28.1 Å². The zero-order valence-electron chi connectivity index (χ0n) is 19.6. The lowest BCUT2D eigenvalue weighted by molar-refractivity contribution is 0.251. The van der Waals surface area contributed by atoms with E-state index in [1.54, 1.807) is 18.2 Å². The number of benzene rings is 3. The largest absolute Gasteiger partial charge is 0.331 e. The molecule has 0 bridgehead atoms. The number of hydrogen-bond donors (Lipinski definition) is 2. The molecule has 0 saturated carbocycles. The van der Waals surface area contributed by atoms with Crippen molar-refractivity contribution in [3.05, 3.63) is 98.8 Å². The van der Waals surface area contributed by atoms with Crippen LogP contribution in [0.3, 0.4) is 0 Å². The second kappa shape index (κ2) is 11.2. The molecule has 35 heavy (non-hydrogen) atoms. The Bertz CT molecular complexity index is 1370. The van der Waals surface area contributed by atoms with Gasteiger partial charge in [-0.15, -0.1) is 10.2 Å². The van der Waals surface area contributed by atoms with Gasteiger partial charge in [-0.25, -0.2) is 4.79 Å². The molecule has 4 rings (SSSR count). The number of anilines is 1. The molecule has 1 aromatic heterocycles. The lowest BCUT2D eigenvalue weighted by Crippen LogP contribution is -2.29. The molecular formula is C26H25Cl2N5OS. The van der Waals surface area contributed by atoms with Crippen LogP contribution < -0.4 is 10.6 Å². The topological polar surface area (TPSA) is 71.8 Å². The van der Waals surface area contributed by atoms with E-state index < -0.39 is 0 Å². The average molecular weight is 526 g/mol. The van der Waals surface area contributed by atoms with Crippen molar-refractivity contribution in [2.24, 2.45) is 0 Å². The van der Waals surface area contributed by atoms with Gasteiger partial charge in [-0.1, -0.05) is 82.5 Å². The molecule has 2 amide bonds. The van der Waals surface area contributed by atoms with Crippen LogP contribution in [0.25, 0.3) is 5.69 Å². The Morgan fingerprint density at radius 3 is 2.54 bits per heavy atom. The zero-order valence-corrected chi connectivity index (χ0v) is 21.9. The first-order valence-corrected chi connectivity index (χ1v) is 12.7. The van der Waals surface area contributed by atoms with Gasteiger partial charge in [-0.2, -0.15) is 0 Å². The van der Waals surface area contributed by atoms with Crippen molar-refractivity contribution in [3.63, 3.8) is 0 Å². The molecule has 4 aromatic rings. The van der Waals surface area contributed by atoms with Gasteiger partial charge in [0.25, 0.3) is 0 Å². The maximum atomic E-state index is 12.6. The molecule has 0 aliphatic carbocycles. The van der Waals surface area contributed by atoms with Crippen LogP contribution in [-0.4, -0.2) is 20.8 Å². The first-order valence-electron chi connectivity index (χ1n) is 11.0. The molecule has 0 unspecified atom stereocenters. The molecule has 9 heteroatoms. The van der Waals surface area contributed by atoms with Crippen molar-refractivity contribution in [1.29, 1.82) is 0 Å². The minimum Gasteiger partial charge on any atom is -0.331 e. The van der Waals surface area contributed by atoms with E-state index in [2.05, 4.69) is 46.0 Å². The third kappa shape index (κ3) is 6.36. The number of nitrogens with zero attached hydrogens (tertiary/aromatic N) is 3. The second-order valence-electron chi connectivity index (χ2n) is 8.23. The normalized spacial score (nSPS) is 10.9. The molecule has 0 saturated heterocycles. The first kappa shape index (κ1) is 25.1. The summed E-state index contributed by atoms with van der Waals surface area (Å²) in [7, 11) is 0. The van der Waals surface area contributed by atoms with Crippen LogP contribution >= 0.6 is 35.0 Å². The Labute approximate surface area is 219 Å². The van der Waals surface area contributed by atoms with Gasteiger partial charge in [0.1, 0.15) is 0 Å². The predicted molar refractivity (Wildman–Crippen MR) is 144 cm³/mol. The van der Waals surface area contributed by atoms with Crippen molar-refractivity contribution in [1.82, 2.24) is 20.1 Å². The van der Waals surface area contributed by atoms with Gasteiger partial charge in [0, 0.05) is 16.5 Å². The van der Waals surface area contributed by atoms with E-state index >= 15 is 0 Å². The molecule has 2 N–H and O–H groups in total. The van der Waals surface area contributed by atoms with E-state index in [-0.39, 0.29) is 12.6 Å². The summed E-state index contributed by atoms with van der Waals surface area (Å²) >= 11 is 14.3. The number of nitrogens with one attached hydrogen (secondary N) is 2. The highest BCUT2D eigenvalue weighted by Gasteiger charge is 2.18. The minimum atomic E-state index is -0.336. The van der Waals surface area contributed by atoms with E-state index in [0.717, 1.165) is 16.8 Å². The van der Waals surface area contributed by atoms with Crippen molar-refractivity contribution in [3.8, 4) is 5.69 Å². The summed E-state index contributed by atoms with van der Waals surface area (Å²) in [4.78, 5) is 12.6. The van der Waals surface area contributed by atoms with Crippen LogP contribution in [0, 0.1) is 20.8 Å². The summed E-state index contributed by atoms with van der Waals surface area (Å²) in [5, 5.41) is 16.2. The van der Waals surface area contributed by atoms with Gasteiger partial charge in [0.05, 0.1) is 17.3 Å². The Kier molecular flexibility index (Phi) is 8.00. The molecule has 0 fully saturated rings. The number of hydrogen-bond acceptors (Lipinski definition) is 4. The molecule has 1 heterocycles. The molecule has 0 spiro atoms. The fraction of sp³-hybridized carbons (Fsp3) is 0.192. The van der Waals surface area contributed by atoms with Crippen molar-refractivity contribution < 1.29 is 4.79 Å². The number of carbonyl (C=O) groups excluding carboxylic acids is 1. The van der Waals surface area contributed by atoms with E-state index in [1.807, 2.05) is 42.7 Å². The van der Waals surface area contributed by atoms with Gasteiger partial charge < -0.3 is 10.6 Å². The quantitative estimate of drug-likeness (QED) is 0.252. The smallest absolute Gasteiger partial charge is 0.319 e. The first-order chi connectivity index (χ1) is 16.8. The lowest BCUT2D eigenvalue weighted by Gasteiger charge is -2.14. The number of carbonyl (C=O) groups is 1. The van der Waals surface area contributed by atoms with Crippen LogP contribution in [0.15, 0.2) is 65.8 Å². The highest BCUT2D eigenvalue weighted by atomic mass is 35.5. The second-order valence-corrected chi connectivity index (χ2v) is 10.0. The summed E-state index contributed by atoms with van der Waals surface area (Å²) in [5.74, 6) is 1.25. The number of halogens is 2. The van der Waals surface area contributed by atoms with Crippen molar-refractivity contribution >= 4 is 46.7 Å². The number of urea groups is 1. The third-order valence-electron chi connectivity index (χ3n) is 5.34. The fourth-order valence-corrected chi connectivity index (χ4v) is 4.91. The van der Waals surface area contributed by atoms with E-state index in [4.69, 9.17) is 23.2 Å². The van der Waals surface area contributed by atoms with E-state index in [9.17, 15) is 4.79 Å². The standard InChI is InChI=1S/C26H25Cl2N5OS/c1-16-5-4-6-19(12-16)15-35-26-32-31-24(33(26)23-13-20(27)8-9-21(23)28)14-29-25(34)30-22-10-7-17(2)11-18(22)3/h4-13H,14-15H2,1-3H3,(H2,29,30,34). The maximum Gasteiger partial charge on any atom is 0.319 e. The number of aromatic nitrogens is 3. The SMILES string of the molecule is Cc1cccc(CSc2nnc(CNC(=O)Nc3ccc(C)cc3C)n2-c2cc(Cl)ccc2Cl)c1. The lowest BCUT2D eigenvalue weighted by atomic mass is 10.1. The molecule has 3 aromatic carbocycles. The molecule has 0 aliphatic heterocycles. The van der Waals surface area contributed by atoms with E-state index in [1.165, 1.54) is 22.9 Å². The van der Waals surface area contributed by atoms with Crippen molar-refractivity contribution in [2.45, 2.75) is 38.2 Å². The third-order valence-corrected chi connectivity index (χ3v) is 6.89. The molecular weight excluding hydrogens is 501 g/mol. The molecule has 0 atom stereocenters. The van der Waals surface area contributed by atoms with Crippen molar-refractivity contribution in [2.75, 3.05) is 5.32 Å². The number of amides is 2. The Balaban J connectivity index is 1.56. The molecule has 0 aliphatic rings. The predicted octanol–water partition coefficient (Wildman–Crippen LogP) is 7.11. The van der Waals surface area contributed by atoms with Crippen LogP contribution in [-0.2, 0) is 12.3 Å². The Morgan fingerprint density at radius 1 is 0.971 bits per heavy atom. The summed E-state index contributed by atoms with van der Waals surface area (Å²) in [6, 6.07) is 19.1. The highest BCUT2D eigenvalue weighted by molar-refractivity contribution is 7.98. The van der Waals surface area contributed by atoms with Gasteiger partial charge in [-0.05, 0) is 56.2 Å². The Morgan fingerprint density at radius 2 is 1.77 bits per heavy atom. The number of thioether (sulfide) groups is 1. The van der Waals surface area contributed by atoms with Crippen LogP contribution in [0.2, 0.25) is 10.0 Å². The summed E-state index contributed by atoms with van der Waals surface area (Å²) in [5.41, 5.74) is 5.90. The maximum absolute atomic E-state index is 12.6. The fourth-order valence-electron chi connectivity index (χ4n) is 3.64.